The highest BCUT2D eigenvalue weighted by Crippen LogP contribution is 2.27. The molecular formula is C25H18Cl2N2O3S. The largest absolute Gasteiger partial charge is 0.455 e. The number of hydrogen-bond acceptors (Lipinski definition) is 5. The lowest BCUT2D eigenvalue weighted by Gasteiger charge is -2.06. The Labute approximate surface area is 205 Å². The number of thiazole rings is 1. The number of ether oxygens (including phenoxy) is 1. The van der Waals surface area contributed by atoms with Gasteiger partial charge in [0.15, 0.2) is 11.7 Å². The van der Waals surface area contributed by atoms with E-state index >= 15 is 0 Å². The zero-order valence-corrected chi connectivity index (χ0v) is 19.6. The quantitative estimate of drug-likeness (QED) is 0.296. The van der Waals surface area contributed by atoms with E-state index in [0.717, 1.165) is 22.4 Å². The lowest BCUT2D eigenvalue weighted by atomic mass is 10.0. The number of rotatable bonds is 7. The highest BCUT2D eigenvalue weighted by molar-refractivity contribution is 7.14. The van der Waals surface area contributed by atoms with E-state index in [1.165, 1.54) is 11.3 Å². The van der Waals surface area contributed by atoms with Crippen LogP contribution in [0.25, 0.3) is 22.4 Å². The van der Waals surface area contributed by atoms with Crippen molar-refractivity contribution >= 4 is 51.5 Å². The second kappa shape index (κ2) is 10.6. The molecule has 4 aromatic rings. The van der Waals surface area contributed by atoms with E-state index in [1.807, 2.05) is 47.8 Å². The molecule has 0 unspecified atom stereocenters. The van der Waals surface area contributed by atoms with Crippen molar-refractivity contribution in [2.45, 2.75) is 6.42 Å². The minimum atomic E-state index is -0.562. The molecule has 1 N–H and O–H groups in total. The maximum absolute atomic E-state index is 12.2. The molecule has 0 bridgehead atoms. The van der Waals surface area contributed by atoms with Gasteiger partial charge in [0.2, 0.25) is 0 Å². The van der Waals surface area contributed by atoms with Gasteiger partial charge in [0, 0.05) is 21.0 Å². The highest BCUT2D eigenvalue weighted by atomic mass is 35.5. The Balaban J connectivity index is 1.30. The fourth-order valence-electron chi connectivity index (χ4n) is 3.10. The number of benzene rings is 3. The molecular weight excluding hydrogens is 479 g/mol. The molecule has 4 rings (SSSR count). The molecule has 166 valence electrons. The van der Waals surface area contributed by atoms with E-state index < -0.39 is 18.5 Å². The summed E-state index contributed by atoms with van der Waals surface area (Å²) in [4.78, 5) is 28.6. The monoisotopic (exact) mass is 496 g/mol. The number of nitrogens with zero attached hydrogens (tertiary/aromatic N) is 1. The van der Waals surface area contributed by atoms with E-state index in [1.54, 1.807) is 18.2 Å². The summed E-state index contributed by atoms with van der Waals surface area (Å²) >= 11 is 13.2. The van der Waals surface area contributed by atoms with Crippen molar-refractivity contribution in [1.29, 1.82) is 0 Å². The topological polar surface area (TPSA) is 68.3 Å². The SMILES string of the molecule is O=C(COC(=O)Cc1ccc(Cl)cc1Cl)Nc1nc(-c2ccc(-c3ccccc3)cc2)cs1. The van der Waals surface area contributed by atoms with Crippen LogP contribution in [-0.2, 0) is 20.7 Å². The fourth-order valence-corrected chi connectivity index (χ4v) is 4.31. The molecule has 0 aliphatic heterocycles. The van der Waals surface area contributed by atoms with Crippen LogP contribution in [0.15, 0.2) is 78.2 Å². The normalized spacial score (nSPS) is 10.6. The molecule has 1 aromatic heterocycles. The molecule has 0 radical (unpaired) electrons. The molecule has 0 fully saturated rings. The molecule has 1 heterocycles. The summed E-state index contributed by atoms with van der Waals surface area (Å²) in [5.74, 6) is -1.03. The first-order valence-corrected chi connectivity index (χ1v) is 11.6. The van der Waals surface area contributed by atoms with E-state index in [9.17, 15) is 9.59 Å². The first-order valence-electron chi connectivity index (χ1n) is 9.99. The summed E-state index contributed by atoms with van der Waals surface area (Å²) in [6.07, 6.45) is -0.0519. The third kappa shape index (κ3) is 6.20. The Morgan fingerprint density at radius 2 is 1.61 bits per heavy atom. The van der Waals surface area contributed by atoms with Gasteiger partial charge in [0.25, 0.3) is 5.91 Å². The van der Waals surface area contributed by atoms with Gasteiger partial charge in [-0.2, -0.15) is 0 Å². The molecule has 33 heavy (non-hydrogen) atoms. The summed E-state index contributed by atoms with van der Waals surface area (Å²) in [6, 6.07) is 23.0. The number of hydrogen-bond donors (Lipinski definition) is 1. The first-order chi connectivity index (χ1) is 16.0. The van der Waals surface area contributed by atoms with E-state index in [2.05, 4.69) is 22.4 Å². The molecule has 5 nitrogen and oxygen atoms in total. The van der Waals surface area contributed by atoms with Crippen molar-refractivity contribution < 1.29 is 14.3 Å². The van der Waals surface area contributed by atoms with Crippen molar-refractivity contribution in [3.8, 4) is 22.4 Å². The van der Waals surface area contributed by atoms with Crippen LogP contribution in [0.1, 0.15) is 5.56 Å². The molecule has 0 aliphatic carbocycles. The van der Waals surface area contributed by atoms with Crippen LogP contribution >= 0.6 is 34.5 Å². The van der Waals surface area contributed by atoms with Crippen molar-refractivity contribution in [2.24, 2.45) is 0 Å². The summed E-state index contributed by atoms with van der Waals surface area (Å²) in [5.41, 5.74) is 4.53. The van der Waals surface area contributed by atoms with Crippen LogP contribution < -0.4 is 5.32 Å². The molecule has 1 amide bonds. The number of carbonyl (C=O) groups excluding carboxylic acids is 2. The Morgan fingerprint density at radius 3 is 2.33 bits per heavy atom. The maximum Gasteiger partial charge on any atom is 0.310 e. The van der Waals surface area contributed by atoms with Crippen LogP contribution in [0.5, 0.6) is 0 Å². The van der Waals surface area contributed by atoms with Crippen molar-refractivity contribution in [1.82, 2.24) is 4.98 Å². The van der Waals surface area contributed by atoms with Gasteiger partial charge >= 0.3 is 5.97 Å². The minimum Gasteiger partial charge on any atom is -0.455 e. The van der Waals surface area contributed by atoms with Gasteiger partial charge < -0.3 is 4.74 Å². The number of anilines is 1. The summed E-state index contributed by atoms with van der Waals surface area (Å²) in [7, 11) is 0. The van der Waals surface area contributed by atoms with Gasteiger partial charge in [-0.1, -0.05) is 83.9 Å². The van der Waals surface area contributed by atoms with E-state index in [-0.39, 0.29) is 6.42 Å². The summed E-state index contributed by atoms with van der Waals surface area (Å²) in [5, 5.41) is 5.80. The number of halogens is 2. The van der Waals surface area contributed by atoms with Crippen molar-refractivity contribution in [3.63, 3.8) is 0 Å². The van der Waals surface area contributed by atoms with Crippen LogP contribution in [0.4, 0.5) is 5.13 Å². The van der Waals surface area contributed by atoms with E-state index in [0.29, 0.717) is 20.7 Å². The zero-order valence-electron chi connectivity index (χ0n) is 17.3. The number of aromatic nitrogens is 1. The predicted molar refractivity (Wildman–Crippen MR) is 133 cm³/mol. The van der Waals surface area contributed by atoms with Gasteiger partial charge in [0.05, 0.1) is 12.1 Å². The number of nitrogens with one attached hydrogen (secondary N) is 1. The molecule has 0 aliphatic rings. The standard InChI is InChI=1S/C25H18Cl2N2O3S/c26-20-11-10-19(21(27)13-20)12-24(31)32-14-23(30)29-25-28-22(15-33-25)18-8-6-17(7-9-18)16-4-2-1-3-5-16/h1-11,13,15H,12,14H2,(H,28,29,30). The Bertz CT molecular complexity index is 1270. The fraction of sp³-hybridized carbons (Fsp3) is 0.0800. The van der Waals surface area contributed by atoms with Crippen LogP contribution in [0.3, 0.4) is 0 Å². The average molecular weight is 497 g/mol. The lowest BCUT2D eigenvalue weighted by Crippen LogP contribution is -2.21. The third-order valence-corrected chi connectivity index (χ3v) is 6.10. The molecule has 0 saturated carbocycles. The average Bonchev–Trinajstić information content (AvgIpc) is 3.29. The van der Waals surface area contributed by atoms with Gasteiger partial charge in [-0.15, -0.1) is 11.3 Å². The van der Waals surface area contributed by atoms with Gasteiger partial charge in [0.1, 0.15) is 0 Å². The van der Waals surface area contributed by atoms with Crippen molar-refractivity contribution in [3.05, 3.63) is 93.8 Å². The highest BCUT2D eigenvalue weighted by Gasteiger charge is 2.13. The third-order valence-electron chi connectivity index (χ3n) is 4.75. The maximum atomic E-state index is 12.2. The molecule has 3 aromatic carbocycles. The summed E-state index contributed by atoms with van der Waals surface area (Å²) in [6.45, 7) is -0.412. The molecule has 0 atom stereocenters. The zero-order chi connectivity index (χ0) is 23.2. The second-order valence-electron chi connectivity index (χ2n) is 7.10. The van der Waals surface area contributed by atoms with Gasteiger partial charge in [-0.25, -0.2) is 4.98 Å². The molecule has 0 spiro atoms. The first kappa shape index (κ1) is 23.0. The number of esters is 1. The Hall–Kier alpha value is -3.19. The second-order valence-corrected chi connectivity index (χ2v) is 8.80. The van der Waals surface area contributed by atoms with E-state index in [4.69, 9.17) is 27.9 Å². The molecule has 8 heteroatoms. The Kier molecular flexibility index (Phi) is 7.40. The molecule has 0 saturated heterocycles. The smallest absolute Gasteiger partial charge is 0.310 e. The number of carbonyl (C=O) groups is 2. The van der Waals surface area contributed by atoms with Crippen molar-refractivity contribution in [2.75, 3.05) is 11.9 Å². The lowest BCUT2D eigenvalue weighted by molar-refractivity contribution is -0.146. The minimum absolute atomic E-state index is 0.0519. The van der Waals surface area contributed by atoms with Gasteiger partial charge in [-0.3, -0.25) is 14.9 Å². The number of amides is 1. The Morgan fingerprint density at radius 1 is 0.909 bits per heavy atom. The predicted octanol–water partition coefficient (Wildman–Crippen LogP) is 6.51. The van der Waals surface area contributed by atoms with Crippen LogP contribution in [-0.4, -0.2) is 23.5 Å². The van der Waals surface area contributed by atoms with Crippen LogP contribution in [0.2, 0.25) is 10.0 Å². The van der Waals surface area contributed by atoms with Crippen LogP contribution in [0, 0.1) is 0 Å². The van der Waals surface area contributed by atoms with Gasteiger partial charge in [-0.05, 0) is 28.8 Å². The summed E-state index contributed by atoms with van der Waals surface area (Å²) < 4.78 is 5.05.